The second-order valence-corrected chi connectivity index (χ2v) is 6.15. The smallest absolute Gasteiger partial charge is 0.382 e. The maximum atomic E-state index is 12.6. The Morgan fingerprint density at radius 1 is 1.18 bits per heavy atom. The molecule has 0 amide bonds. The third-order valence-electron chi connectivity index (χ3n) is 2.66. The molecule has 0 fully saturated rings. The van der Waals surface area contributed by atoms with Crippen LogP contribution in [-0.4, -0.2) is 41.9 Å². The summed E-state index contributed by atoms with van der Waals surface area (Å²) in [6.07, 6.45) is -4.18. The molecule has 0 aromatic heterocycles. The summed E-state index contributed by atoms with van der Waals surface area (Å²) in [6, 6.07) is 3.61. The van der Waals surface area contributed by atoms with Crippen LogP contribution in [0.4, 0.5) is 13.2 Å². The van der Waals surface area contributed by atoms with Gasteiger partial charge < -0.3 is 9.47 Å². The van der Waals surface area contributed by atoms with Crippen molar-refractivity contribution in [3.8, 4) is 0 Å². The van der Waals surface area contributed by atoms with Crippen molar-refractivity contribution in [1.29, 1.82) is 0 Å². The lowest BCUT2D eigenvalue weighted by atomic mass is 10.2. The topological polar surface area (TPSA) is 64.6 Å². The van der Waals surface area contributed by atoms with E-state index in [9.17, 15) is 21.6 Å². The van der Waals surface area contributed by atoms with Crippen molar-refractivity contribution < 1.29 is 31.1 Å². The van der Waals surface area contributed by atoms with E-state index in [0.29, 0.717) is 32.3 Å². The van der Waals surface area contributed by atoms with Gasteiger partial charge in [0, 0.05) is 20.3 Å². The van der Waals surface area contributed by atoms with Crippen molar-refractivity contribution in [2.45, 2.75) is 17.5 Å². The van der Waals surface area contributed by atoms with E-state index >= 15 is 0 Å². The van der Waals surface area contributed by atoms with Crippen molar-refractivity contribution in [2.75, 3.05) is 33.5 Å². The van der Waals surface area contributed by atoms with Gasteiger partial charge in [-0.1, -0.05) is 6.07 Å². The van der Waals surface area contributed by atoms with Crippen LogP contribution >= 0.6 is 0 Å². The lowest BCUT2D eigenvalue weighted by molar-refractivity contribution is -0.137. The third kappa shape index (κ3) is 6.30. The molecule has 126 valence electrons. The number of ether oxygens (including phenoxy) is 2. The fraction of sp³-hybridized carbons (Fsp3) is 0.538. The van der Waals surface area contributed by atoms with E-state index in [1.54, 1.807) is 0 Å². The molecule has 1 N–H and O–H groups in total. The van der Waals surface area contributed by atoms with Gasteiger partial charge in [0.15, 0.2) is 0 Å². The van der Waals surface area contributed by atoms with Crippen LogP contribution in [0.1, 0.15) is 12.0 Å². The average Bonchev–Trinajstić information content (AvgIpc) is 2.45. The Bertz CT molecular complexity index is 561. The molecule has 0 aliphatic heterocycles. The Morgan fingerprint density at radius 2 is 1.91 bits per heavy atom. The molecule has 22 heavy (non-hydrogen) atoms. The lowest BCUT2D eigenvalue weighted by Gasteiger charge is -2.10. The second-order valence-electron chi connectivity index (χ2n) is 4.38. The molecule has 1 aromatic carbocycles. The Hall–Kier alpha value is -1.16. The number of rotatable bonds is 9. The van der Waals surface area contributed by atoms with E-state index in [1.807, 2.05) is 0 Å². The van der Waals surface area contributed by atoms with E-state index in [2.05, 4.69) is 4.72 Å². The number of alkyl halides is 3. The van der Waals surface area contributed by atoms with Crippen LogP contribution < -0.4 is 4.72 Å². The van der Waals surface area contributed by atoms with Gasteiger partial charge in [0.2, 0.25) is 10.0 Å². The van der Waals surface area contributed by atoms with Crippen LogP contribution in [0.25, 0.3) is 0 Å². The molecule has 0 unspecified atom stereocenters. The first-order chi connectivity index (χ1) is 10.3. The van der Waals surface area contributed by atoms with E-state index in [-0.39, 0.29) is 6.54 Å². The van der Waals surface area contributed by atoms with Crippen molar-refractivity contribution in [3.63, 3.8) is 0 Å². The molecule has 9 heteroatoms. The van der Waals surface area contributed by atoms with E-state index in [4.69, 9.17) is 9.47 Å². The molecule has 1 rings (SSSR count). The predicted octanol–water partition coefficient (Wildman–Crippen LogP) is 2.04. The number of hydrogen-bond donors (Lipinski definition) is 1. The molecule has 0 atom stereocenters. The summed E-state index contributed by atoms with van der Waals surface area (Å²) in [5, 5.41) is 0. The zero-order chi connectivity index (χ0) is 16.6. The quantitative estimate of drug-likeness (QED) is 0.698. The number of methoxy groups -OCH3 is 1. The van der Waals surface area contributed by atoms with Crippen LogP contribution in [-0.2, 0) is 25.7 Å². The summed E-state index contributed by atoms with van der Waals surface area (Å²) in [5.41, 5.74) is -1.00. The SMILES string of the molecule is COCCOCCCNS(=O)(=O)c1cccc(C(F)(F)F)c1. The summed E-state index contributed by atoms with van der Waals surface area (Å²) in [6.45, 7) is 1.24. The van der Waals surface area contributed by atoms with Gasteiger partial charge in [0.05, 0.1) is 23.7 Å². The monoisotopic (exact) mass is 341 g/mol. The second kappa shape index (κ2) is 8.47. The third-order valence-corrected chi connectivity index (χ3v) is 4.12. The normalized spacial score (nSPS) is 12.5. The molecule has 0 bridgehead atoms. The van der Waals surface area contributed by atoms with Crippen LogP contribution in [0.2, 0.25) is 0 Å². The minimum absolute atomic E-state index is 0.0750. The maximum Gasteiger partial charge on any atom is 0.416 e. The summed E-state index contributed by atoms with van der Waals surface area (Å²) in [7, 11) is -2.44. The molecule has 0 heterocycles. The molecule has 0 aliphatic rings. The van der Waals surface area contributed by atoms with Gasteiger partial charge >= 0.3 is 6.18 Å². The van der Waals surface area contributed by atoms with Gasteiger partial charge in [-0.3, -0.25) is 0 Å². The molecule has 0 saturated heterocycles. The first kappa shape index (κ1) is 18.9. The number of halogens is 3. The summed E-state index contributed by atoms with van der Waals surface area (Å²) >= 11 is 0. The molecule has 5 nitrogen and oxygen atoms in total. The molecule has 0 spiro atoms. The molecule has 0 saturated carbocycles. The fourth-order valence-electron chi connectivity index (χ4n) is 1.55. The van der Waals surface area contributed by atoms with Crippen LogP contribution in [0, 0.1) is 0 Å². The molecule has 0 radical (unpaired) electrons. The number of hydrogen-bond acceptors (Lipinski definition) is 4. The lowest BCUT2D eigenvalue weighted by Crippen LogP contribution is -2.26. The van der Waals surface area contributed by atoms with E-state index < -0.39 is 26.7 Å². The number of sulfonamides is 1. The predicted molar refractivity (Wildman–Crippen MR) is 73.9 cm³/mol. The van der Waals surface area contributed by atoms with Gasteiger partial charge in [-0.25, -0.2) is 13.1 Å². The van der Waals surface area contributed by atoms with Crippen LogP contribution in [0.15, 0.2) is 29.2 Å². The maximum absolute atomic E-state index is 12.6. The van der Waals surface area contributed by atoms with Crippen molar-refractivity contribution >= 4 is 10.0 Å². The minimum Gasteiger partial charge on any atom is -0.382 e. The molecular weight excluding hydrogens is 323 g/mol. The van der Waals surface area contributed by atoms with E-state index in [1.165, 1.54) is 7.11 Å². The minimum atomic E-state index is -4.58. The Labute approximate surface area is 127 Å². The number of benzene rings is 1. The summed E-state index contributed by atoms with van der Waals surface area (Å²) < 4.78 is 73.7. The van der Waals surface area contributed by atoms with Crippen molar-refractivity contribution in [2.24, 2.45) is 0 Å². The summed E-state index contributed by atoms with van der Waals surface area (Å²) in [5.74, 6) is 0. The van der Waals surface area contributed by atoms with E-state index in [0.717, 1.165) is 18.2 Å². The standard InChI is InChI=1S/C13H18F3NO4S/c1-20-8-9-21-7-3-6-17-22(18,19)12-5-2-4-11(10-12)13(14,15)16/h2,4-5,10,17H,3,6-9H2,1H3. The fourth-order valence-corrected chi connectivity index (χ4v) is 2.67. The van der Waals surface area contributed by atoms with Gasteiger partial charge in [-0.15, -0.1) is 0 Å². The Morgan fingerprint density at radius 3 is 2.55 bits per heavy atom. The molecular formula is C13H18F3NO4S. The summed E-state index contributed by atoms with van der Waals surface area (Å²) in [4.78, 5) is -0.414. The van der Waals surface area contributed by atoms with Gasteiger partial charge in [0.1, 0.15) is 0 Å². The van der Waals surface area contributed by atoms with Gasteiger partial charge in [-0.2, -0.15) is 13.2 Å². The van der Waals surface area contributed by atoms with Crippen molar-refractivity contribution in [1.82, 2.24) is 4.72 Å². The highest BCUT2D eigenvalue weighted by Crippen LogP contribution is 2.30. The number of nitrogens with one attached hydrogen (secondary N) is 1. The van der Waals surface area contributed by atoms with Crippen molar-refractivity contribution in [3.05, 3.63) is 29.8 Å². The Balaban J connectivity index is 2.53. The van der Waals surface area contributed by atoms with Crippen LogP contribution in [0.3, 0.4) is 0 Å². The molecule has 1 aromatic rings. The highest BCUT2D eigenvalue weighted by atomic mass is 32.2. The first-order valence-electron chi connectivity index (χ1n) is 6.51. The van der Waals surface area contributed by atoms with Gasteiger partial charge in [-0.05, 0) is 24.6 Å². The zero-order valence-electron chi connectivity index (χ0n) is 12.0. The van der Waals surface area contributed by atoms with Gasteiger partial charge in [0.25, 0.3) is 0 Å². The molecule has 0 aliphatic carbocycles. The highest BCUT2D eigenvalue weighted by molar-refractivity contribution is 7.89. The average molecular weight is 341 g/mol. The zero-order valence-corrected chi connectivity index (χ0v) is 12.8. The Kier molecular flexibility index (Phi) is 7.27. The largest absolute Gasteiger partial charge is 0.416 e. The highest BCUT2D eigenvalue weighted by Gasteiger charge is 2.31. The first-order valence-corrected chi connectivity index (χ1v) is 7.99. The van der Waals surface area contributed by atoms with Crippen LogP contribution in [0.5, 0.6) is 0 Å².